The molecular weight excluding hydrogens is 434 g/mol. The highest BCUT2D eigenvalue weighted by Crippen LogP contribution is 2.52. The Labute approximate surface area is 182 Å². The Morgan fingerprint density at radius 1 is 1.45 bits per heavy atom. The lowest BCUT2D eigenvalue weighted by atomic mass is 9.98. The van der Waals surface area contributed by atoms with E-state index in [1.54, 1.807) is 28.8 Å². The molecule has 0 saturated carbocycles. The van der Waals surface area contributed by atoms with Crippen molar-refractivity contribution >= 4 is 57.6 Å². The van der Waals surface area contributed by atoms with Crippen molar-refractivity contribution in [3.05, 3.63) is 39.9 Å². The summed E-state index contributed by atoms with van der Waals surface area (Å²) in [4.78, 5) is 38.8. The Kier molecular flexibility index (Phi) is 6.39. The Hall–Kier alpha value is -1.85. The second kappa shape index (κ2) is 8.49. The van der Waals surface area contributed by atoms with E-state index in [1.807, 2.05) is 25.9 Å². The molecular formula is C18H21N3O5S3. The molecule has 3 rings (SSSR count). The van der Waals surface area contributed by atoms with Crippen molar-refractivity contribution in [2.24, 2.45) is 0 Å². The van der Waals surface area contributed by atoms with Crippen LogP contribution < -0.4 is 0 Å². The van der Waals surface area contributed by atoms with Crippen molar-refractivity contribution in [1.82, 2.24) is 9.80 Å². The van der Waals surface area contributed by atoms with Crippen molar-refractivity contribution in [2.45, 2.75) is 36.1 Å². The monoisotopic (exact) mass is 455 g/mol. The minimum absolute atomic E-state index is 0.00990. The molecule has 156 valence electrons. The number of hydrogen-bond donors (Lipinski definition) is 0. The summed E-state index contributed by atoms with van der Waals surface area (Å²) < 4.78 is 5.69. The van der Waals surface area contributed by atoms with Crippen LogP contribution >= 0.6 is 35.7 Å². The zero-order chi connectivity index (χ0) is 21.3. The summed E-state index contributed by atoms with van der Waals surface area (Å²) in [5, 5.41) is 10.7. The van der Waals surface area contributed by atoms with Gasteiger partial charge in [0.1, 0.15) is 17.0 Å². The second-order valence-corrected chi connectivity index (χ2v) is 10.6. The summed E-state index contributed by atoms with van der Waals surface area (Å²) in [6, 6.07) is 5.15. The number of β-lactam (4-membered cyclic amide) rings is 1. The van der Waals surface area contributed by atoms with Gasteiger partial charge in [-0.2, -0.15) is 0 Å². The van der Waals surface area contributed by atoms with Gasteiger partial charge in [0.25, 0.3) is 5.69 Å². The number of nitro groups is 1. The lowest BCUT2D eigenvalue weighted by molar-refractivity contribution is -0.384. The van der Waals surface area contributed by atoms with Crippen molar-refractivity contribution in [1.29, 1.82) is 0 Å². The highest BCUT2D eigenvalue weighted by molar-refractivity contribution is 8.23. The number of esters is 1. The maximum absolute atomic E-state index is 12.9. The van der Waals surface area contributed by atoms with Crippen LogP contribution in [0.2, 0.25) is 0 Å². The normalized spacial score (nSPS) is 25.2. The van der Waals surface area contributed by atoms with E-state index in [4.69, 9.17) is 17.0 Å². The first-order valence-electron chi connectivity index (χ1n) is 8.85. The van der Waals surface area contributed by atoms with Gasteiger partial charge in [0.05, 0.1) is 21.5 Å². The van der Waals surface area contributed by atoms with Gasteiger partial charge < -0.3 is 14.5 Å². The molecule has 0 bridgehead atoms. The molecule has 0 N–H and O–H groups in total. The van der Waals surface area contributed by atoms with Gasteiger partial charge in [-0.25, -0.2) is 4.79 Å². The Balaban J connectivity index is 1.69. The Bertz CT molecular complexity index is 848. The first-order valence-corrected chi connectivity index (χ1v) is 11.1. The predicted molar refractivity (Wildman–Crippen MR) is 117 cm³/mol. The van der Waals surface area contributed by atoms with Crippen LogP contribution in [-0.4, -0.2) is 66.9 Å². The van der Waals surface area contributed by atoms with Crippen molar-refractivity contribution < 1.29 is 19.2 Å². The van der Waals surface area contributed by atoms with Crippen LogP contribution in [0.3, 0.4) is 0 Å². The summed E-state index contributed by atoms with van der Waals surface area (Å²) in [7, 11) is 3.73. The number of nitrogens with zero attached hydrogens (tertiary/aromatic N) is 3. The van der Waals surface area contributed by atoms with Crippen molar-refractivity contribution in [3.8, 4) is 0 Å². The topological polar surface area (TPSA) is 93.0 Å². The number of hydrogen-bond acceptors (Lipinski definition) is 8. The summed E-state index contributed by atoms with van der Waals surface area (Å²) in [5.74, 6) is 0.0562. The van der Waals surface area contributed by atoms with Crippen LogP contribution in [-0.2, 0) is 20.9 Å². The fraction of sp³-hybridized carbons (Fsp3) is 0.500. The zero-order valence-electron chi connectivity index (χ0n) is 16.2. The SMILES string of the molecule is CN(C)C(=S)SC[C@]1(C)S[C@H]2CC(=O)N2[C@H]1C(=O)OCc1ccc([N+](=O)[O-])cc1. The number of nitro benzene ring substituents is 1. The molecule has 29 heavy (non-hydrogen) atoms. The molecule has 8 nitrogen and oxygen atoms in total. The van der Waals surface area contributed by atoms with Crippen LogP contribution in [0.1, 0.15) is 18.9 Å². The first-order chi connectivity index (χ1) is 13.6. The average molecular weight is 456 g/mol. The Morgan fingerprint density at radius 3 is 2.66 bits per heavy atom. The van der Waals surface area contributed by atoms with Crippen molar-refractivity contribution in [3.63, 3.8) is 0 Å². The molecule has 0 aliphatic carbocycles. The molecule has 2 heterocycles. The third-order valence-electron chi connectivity index (χ3n) is 4.81. The molecule has 2 saturated heterocycles. The highest BCUT2D eigenvalue weighted by Gasteiger charge is 2.61. The van der Waals surface area contributed by atoms with E-state index in [-0.39, 0.29) is 23.6 Å². The number of carbonyl (C=O) groups excluding carboxylic acids is 2. The number of fused-ring (bicyclic) bond motifs is 1. The van der Waals surface area contributed by atoms with Crippen molar-refractivity contribution in [2.75, 3.05) is 19.8 Å². The number of thioether (sulfide) groups is 2. The van der Waals surface area contributed by atoms with E-state index < -0.39 is 21.7 Å². The highest BCUT2D eigenvalue weighted by atomic mass is 32.2. The quantitative estimate of drug-likeness (QED) is 0.211. The summed E-state index contributed by atoms with van der Waals surface area (Å²) in [5.41, 5.74) is 0.619. The van der Waals surface area contributed by atoms with E-state index in [9.17, 15) is 19.7 Å². The number of non-ortho nitro benzene ring substituents is 1. The molecule has 1 amide bonds. The number of carbonyl (C=O) groups is 2. The molecule has 3 atom stereocenters. The standard InChI is InChI=1S/C18H21N3O5S3/c1-18(10-28-17(27)19(2)3)15(20-13(22)8-14(20)29-18)16(23)26-9-11-4-6-12(7-5-11)21(24)25/h4-7,14-15H,8-10H2,1-3H3/t14-,15-,18-/m0/s1. The van der Waals surface area contributed by atoms with Gasteiger partial charge in [0, 0.05) is 32.0 Å². The molecule has 0 radical (unpaired) electrons. The van der Waals surface area contributed by atoms with Gasteiger partial charge in [0.15, 0.2) is 0 Å². The van der Waals surface area contributed by atoms with Crippen LogP contribution in [0, 0.1) is 10.1 Å². The molecule has 0 unspecified atom stereocenters. The van der Waals surface area contributed by atoms with E-state index >= 15 is 0 Å². The molecule has 1 aromatic carbocycles. The fourth-order valence-corrected chi connectivity index (χ4v) is 6.23. The number of rotatable bonds is 6. The number of amides is 1. The maximum Gasteiger partial charge on any atom is 0.330 e. The summed E-state index contributed by atoms with van der Waals surface area (Å²) in [6.07, 6.45) is 0.426. The van der Waals surface area contributed by atoms with Crippen LogP contribution in [0.25, 0.3) is 0 Å². The number of thiocarbonyl (C=S) groups is 1. The minimum Gasteiger partial charge on any atom is -0.459 e. The van der Waals surface area contributed by atoms with Gasteiger partial charge in [-0.3, -0.25) is 14.9 Å². The van der Waals surface area contributed by atoms with Gasteiger partial charge in [-0.05, 0) is 24.6 Å². The molecule has 0 spiro atoms. The summed E-state index contributed by atoms with van der Waals surface area (Å²) >= 11 is 8.44. The Morgan fingerprint density at radius 2 is 2.10 bits per heavy atom. The van der Waals surface area contributed by atoms with E-state index in [2.05, 4.69) is 0 Å². The third kappa shape index (κ3) is 4.51. The van der Waals surface area contributed by atoms with Gasteiger partial charge >= 0.3 is 5.97 Å². The molecule has 0 aromatic heterocycles. The fourth-order valence-electron chi connectivity index (χ4n) is 3.24. The number of benzene rings is 1. The average Bonchev–Trinajstić information content (AvgIpc) is 2.91. The van der Waals surface area contributed by atoms with Crippen LogP contribution in [0.5, 0.6) is 0 Å². The van der Waals surface area contributed by atoms with Crippen LogP contribution in [0.4, 0.5) is 5.69 Å². The molecule has 2 aliphatic rings. The van der Waals surface area contributed by atoms with Gasteiger partial charge in [-0.15, -0.1) is 11.8 Å². The summed E-state index contributed by atoms with van der Waals surface area (Å²) in [6.45, 7) is 1.95. The maximum atomic E-state index is 12.9. The van der Waals surface area contributed by atoms with Crippen LogP contribution in [0.15, 0.2) is 24.3 Å². The van der Waals surface area contributed by atoms with E-state index in [1.165, 1.54) is 23.9 Å². The molecule has 2 aliphatic heterocycles. The van der Waals surface area contributed by atoms with E-state index in [0.717, 1.165) is 0 Å². The van der Waals surface area contributed by atoms with Gasteiger partial charge in [0.2, 0.25) is 5.91 Å². The molecule has 2 fully saturated rings. The van der Waals surface area contributed by atoms with E-state index in [0.29, 0.717) is 22.1 Å². The second-order valence-electron chi connectivity index (χ2n) is 7.27. The smallest absolute Gasteiger partial charge is 0.330 e. The zero-order valence-corrected chi connectivity index (χ0v) is 18.6. The van der Waals surface area contributed by atoms with Gasteiger partial charge in [-0.1, -0.05) is 24.0 Å². The largest absolute Gasteiger partial charge is 0.459 e. The lowest BCUT2D eigenvalue weighted by Gasteiger charge is -2.37. The first kappa shape index (κ1) is 21.8. The molecule has 11 heteroatoms. The minimum atomic E-state index is -0.686. The predicted octanol–water partition coefficient (Wildman–Crippen LogP) is 2.65. The number of ether oxygens (including phenoxy) is 1. The third-order valence-corrected chi connectivity index (χ3v) is 8.64. The molecule has 1 aromatic rings. The lowest BCUT2D eigenvalue weighted by Crippen LogP contribution is -2.58.